The Morgan fingerprint density at radius 2 is 1.89 bits per heavy atom. The summed E-state index contributed by atoms with van der Waals surface area (Å²) in [6, 6.07) is 16.9. The molecule has 2 aliphatic heterocycles. The quantitative estimate of drug-likeness (QED) is 0.385. The fraction of sp³-hybridized carbons (Fsp3) is 0.231. The predicted octanol–water partition coefficient (Wildman–Crippen LogP) is 3.62. The van der Waals surface area contributed by atoms with Gasteiger partial charge in [0.05, 0.1) is 11.8 Å². The summed E-state index contributed by atoms with van der Waals surface area (Å²) < 4.78 is 18.4. The van der Waals surface area contributed by atoms with Crippen molar-refractivity contribution in [3.8, 4) is 23.1 Å². The van der Waals surface area contributed by atoms with Gasteiger partial charge in [-0.3, -0.25) is 4.79 Å². The number of anilines is 1. The number of ether oxygens (including phenoxy) is 2. The molecule has 10 nitrogen and oxygen atoms in total. The van der Waals surface area contributed by atoms with Crippen LogP contribution in [-0.2, 0) is 0 Å². The molecule has 0 bridgehead atoms. The number of furan rings is 1. The lowest BCUT2D eigenvalue weighted by Gasteiger charge is -2.40. The zero-order valence-electron chi connectivity index (χ0n) is 19.5. The molecule has 0 spiro atoms. The van der Waals surface area contributed by atoms with Crippen LogP contribution in [0.1, 0.15) is 17.3 Å². The van der Waals surface area contributed by atoms with Crippen LogP contribution in [0.3, 0.4) is 0 Å². The number of aromatic nitrogens is 4. The third kappa shape index (κ3) is 3.18. The maximum atomic E-state index is 13.4. The number of rotatable bonds is 3. The molecule has 1 fully saturated rings. The smallest absolute Gasteiger partial charge is 0.254 e. The third-order valence-corrected chi connectivity index (χ3v) is 6.76. The van der Waals surface area contributed by atoms with E-state index in [4.69, 9.17) is 18.9 Å². The van der Waals surface area contributed by atoms with Crippen LogP contribution in [0.15, 0.2) is 65.3 Å². The van der Waals surface area contributed by atoms with Crippen LogP contribution < -0.4 is 14.4 Å². The van der Waals surface area contributed by atoms with E-state index in [-0.39, 0.29) is 18.7 Å². The van der Waals surface area contributed by atoms with Crippen LogP contribution in [0.2, 0.25) is 0 Å². The van der Waals surface area contributed by atoms with Crippen LogP contribution in [-0.4, -0.2) is 62.9 Å². The lowest BCUT2D eigenvalue weighted by molar-refractivity contribution is 0.0672. The largest absolute Gasteiger partial charge is 0.461 e. The molecule has 5 aromatic rings. The van der Waals surface area contributed by atoms with E-state index >= 15 is 0 Å². The van der Waals surface area contributed by atoms with Crippen molar-refractivity contribution in [1.82, 2.24) is 24.5 Å². The highest BCUT2D eigenvalue weighted by atomic mass is 16.7. The van der Waals surface area contributed by atoms with Crippen molar-refractivity contribution in [2.45, 2.75) is 13.0 Å². The first-order valence-corrected chi connectivity index (χ1v) is 11.8. The van der Waals surface area contributed by atoms with Crippen molar-refractivity contribution in [2.75, 3.05) is 31.3 Å². The van der Waals surface area contributed by atoms with Crippen LogP contribution in [0.4, 0.5) is 5.95 Å². The topological polar surface area (TPSA) is 98.2 Å². The summed E-state index contributed by atoms with van der Waals surface area (Å²) in [5, 5.41) is 9.84. The summed E-state index contributed by atoms with van der Waals surface area (Å²) in [4.78, 5) is 22.4. The maximum Gasteiger partial charge on any atom is 0.254 e. The van der Waals surface area contributed by atoms with Gasteiger partial charge in [0.25, 0.3) is 5.91 Å². The van der Waals surface area contributed by atoms with Gasteiger partial charge in [0.15, 0.2) is 22.9 Å². The molecule has 0 saturated carbocycles. The molecule has 7 rings (SSSR count). The number of para-hydroxylation sites is 1. The second-order valence-electron chi connectivity index (χ2n) is 8.95. The van der Waals surface area contributed by atoms with Crippen molar-refractivity contribution in [3.63, 3.8) is 0 Å². The molecular formula is C26H22N6O4. The number of nitrogens with zero attached hydrogens (tertiary/aromatic N) is 6. The molecular weight excluding hydrogens is 460 g/mol. The lowest BCUT2D eigenvalue weighted by atomic mass is 10.1. The van der Waals surface area contributed by atoms with Gasteiger partial charge in [0.1, 0.15) is 0 Å². The van der Waals surface area contributed by atoms with E-state index in [1.54, 1.807) is 24.5 Å². The highest BCUT2D eigenvalue weighted by Crippen LogP contribution is 2.34. The van der Waals surface area contributed by atoms with E-state index < -0.39 is 0 Å². The summed E-state index contributed by atoms with van der Waals surface area (Å²) in [6.45, 7) is 3.99. The van der Waals surface area contributed by atoms with Gasteiger partial charge in [-0.2, -0.15) is 0 Å². The first kappa shape index (κ1) is 20.7. The molecule has 0 aliphatic carbocycles. The average Bonchev–Trinajstić information content (AvgIpc) is 3.68. The summed E-state index contributed by atoms with van der Waals surface area (Å²) >= 11 is 0. The third-order valence-electron chi connectivity index (χ3n) is 6.76. The summed E-state index contributed by atoms with van der Waals surface area (Å²) in [6.07, 6.45) is 1.62. The van der Waals surface area contributed by atoms with E-state index in [0.29, 0.717) is 53.9 Å². The molecule has 1 atom stereocenters. The van der Waals surface area contributed by atoms with Crippen molar-refractivity contribution >= 4 is 28.4 Å². The van der Waals surface area contributed by atoms with Crippen molar-refractivity contribution in [1.29, 1.82) is 0 Å². The number of carbonyl (C=O) groups excluding carboxylic acids is 1. The van der Waals surface area contributed by atoms with Gasteiger partial charge in [-0.15, -0.1) is 10.2 Å². The number of hydrogen-bond acceptors (Lipinski definition) is 8. The number of hydrogen-bond donors (Lipinski definition) is 0. The minimum absolute atomic E-state index is 0.0300. The number of piperazine rings is 1. The summed E-state index contributed by atoms with van der Waals surface area (Å²) in [5.74, 6) is 3.17. The molecule has 0 N–H and O–H groups in total. The molecule has 3 aromatic heterocycles. The van der Waals surface area contributed by atoms with Crippen LogP contribution in [0.5, 0.6) is 11.5 Å². The molecule has 10 heteroatoms. The van der Waals surface area contributed by atoms with Crippen LogP contribution in [0.25, 0.3) is 28.1 Å². The molecule has 2 aliphatic rings. The number of fused-ring (bicyclic) bond motifs is 4. The van der Waals surface area contributed by atoms with E-state index in [1.165, 1.54) is 0 Å². The molecule has 36 heavy (non-hydrogen) atoms. The zero-order valence-corrected chi connectivity index (χ0v) is 19.5. The first-order valence-electron chi connectivity index (χ1n) is 11.8. The molecule has 180 valence electrons. The molecule has 1 unspecified atom stereocenters. The van der Waals surface area contributed by atoms with E-state index in [2.05, 4.69) is 22.0 Å². The second-order valence-corrected chi connectivity index (χ2v) is 8.95. The van der Waals surface area contributed by atoms with Gasteiger partial charge in [0.2, 0.25) is 18.6 Å². The standard InChI is InChI=1S/C26H22N6O4/c1-16-14-30(10-11-31(16)25(33)17-8-9-20-22(13-17)36-15-35-20)26-27-19-6-3-2-5-18(19)23-28-29-24(32(23)26)21-7-4-12-34-21/h2-9,12-13,16H,10-11,14-15H2,1H3. The number of benzene rings is 2. The van der Waals surface area contributed by atoms with E-state index in [9.17, 15) is 4.79 Å². The first-order chi connectivity index (χ1) is 17.7. The van der Waals surface area contributed by atoms with Crippen LogP contribution >= 0.6 is 0 Å². The van der Waals surface area contributed by atoms with Crippen molar-refractivity contribution < 1.29 is 18.7 Å². The van der Waals surface area contributed by atoms with Crippen molar-refractivity contribution in [2.24, 2.45) is 0 Å². The Morgan fingerprint density at radius 1 is 1.00 bits per heavy atom. The molecule has 0 radical (unpaired) electrons. The monoisotopic (exact) mass is 482 g/mol. The fourth-order valence-electron chi connectivity index (χ4n) is 4.98. The molecule has 1 saturated heterocycles. The van der Waals surface area contributed by atoms with Gasteiger partial charge in [0, 0.05) is 36.6 Å². The average molecular weight is 483 g/mol. The van der Waals surface area contributed by atoms with Gasteiger partial charge in [-0.05, 0) is 49.4 Å². The highest BCUT2D eigenvalue weighted by Gasteiger charge is 2.32. The Morgan fingerprint density at radius 3 is 2.75 bits per heavy atom. The Bertz CT molecular complexity index is 1610. The summed E-state index contributed by atoms with van der Waals surface area (Å²) in [7, 11) is 0. The van der Waals surface area contributed by atoms with Crippen molar-refractivity contribution in [3.05, 3.63) is 66.4 Å². The maximum absolute atomic E-state index is 13.4. The number of amides is 1. The lowest BCUT2D eigenvalue weighted by Crippen LogP contribution is -2.54. The SMILES string of the molecule is CC1CN(c2nc3ccccc3c3nnc(-c4ccco4)n23)CCN1C(=O)c1ccc2c(c1)OCO2. The van der Waals surface area contributed by atoms with Crippen LogP contribution in [0, 0.1) is 0 Å². The predicted molar refractivity (Wildman–Crippen MR) is 131 cm³/mol. The van der Waals surface area contributed by atoms with E-state index in [1.807, 2.05) is 45.7 Å². The molecule has 2 aromatic carbocycles. The second kappa shape index (κ2) is 7.98. The van der Waals surface area contributed by atoms with E-state index in [0.717, 1.165) is 16.9 Å². The van der Waals surface area contributed by atoms with Gasteiger partial charge in [-0.1, -0.05) is 12.1 Å². The molecule has 1 amide bonds. The molecule has 5 heterocycles. The Labute approximate surface area is 205 Å². The highest BCUT2D eigenvalue weighted by molar-refractivity contribution is 5.95. The normalized spacial score (nSPS) is 17.3. The zero-order chi connectivity index (χ0) is 24.2. The Hall–Kier alpha value is -4.60. The Balaban J connectivity index is 1.24. The Kier molecular flexibility index (Phi) is 4.60. The minimum atomic E-state index is -0.0523. The number of carbonyl (C=O) groups is 1. The van der Waals surface area contributed by atoms with Gasteiger partial charge < -0.3 is 23.7 Å². The van der Waals surface area contributed by atoms with Gasteiger partial charge >= 0.3 is 0 Å². The fourth-order valence-corrected chi connectivity index (χ4v) is 4.98. The van der Waals surface area contributed by atoms with Gasteiger partial charge in [-0.25, -0.2) is 9.38 Å². The minimum Gasteiger partial charge on any atom is -0.461 e. The summed E-state index contributed by atoms with van der Waals surface area (Å²) in [5.41, 5.74) is 2.14.